The van der Waals surface area contributed by atoms with Crippen LogP contribution in [0.5, 0.6) is 0 Å². The van der Waals surface area contributed by atoms with Gasteiger partial charge in [-0.2, -0.15) is 0 Å². The second-order valence-electron chi connectivity index (χ2n) is 5.39. The monoisotopic (exact) mass is 259 g/mol. The molecule has 1 aliphatic rings. The van der Waals surface area contributed by atoms with Crippen LogP contribution in [0.2, 0.25) is 0 Å². The quantitative estimate of drug-likeness (QED) is 0.608. The van der Waals surface area contributed by atoms with E-state index in [1.54, 1.807) is 0 Å². The van der Waals surface area contributed by atoms with E-state index < -0.39 is 0 Å². The first-order valence-electron chi connectivity index (χ1n) is 7.34. The van der Waals surface area contributed by atoms with E-state index in [0.29, 0.717) is 5.41 Å². The zero-order valence-corrected chi connectivity index (χ0v) is 12.1. The Hall–Kier alpha value is -1.51. The van der Waals surface area contributed by atoms with Crippen molar-refractivity contribution in [2.24, 2.45) is 10.4 Å². The molecule has 1 aliphatic carbocycles. The fraction of sp³-hybridized carbons (Fsp3) is 0.562. The van der Waals surface area contributed by atoms with E-state index in [4.69, 9.17) is 4.99 Å². The maximum Gasteiger partial charge on any atom is 0.191 e. The Labute approximate surface area is 116 Å². The van der Waals surface area contributed by atoms with E-state index in [2.05, 4.69) is 54.8 Å². The van der Waals surface area contributed by atoms with E-state index in [-0.39, 0.29) is 0 Å². The van der Waals surface area contributed by atoms with Crippen LogP contribution < -0.4 is 10.6 Å². The minimum Gasteiger partial charge on any atom is -0.357 e. The Morgan fingerprint density at radius 2 is 1.74 bits per heavy atom. The molecule has 0 unspecified atom stereocenters. The van der Waals surface area contributed by atoms with Crippen LogP contribution in [-0.4, -0.2) is 25.6 Å². The predicted molar refractivity (Wildman–Crippen MR) is 81.5 cm³/mol. The molecule has 0 atom stereocenters. The number of benzene rings is 1. The van der Waals surface area contributed by atoms with E-state index in [1.165, 1.54) is 18.4 Å². The van der Waals surface area contributed by atoms with Gasteiger partial charge in [0.15, 0.2) is 5.96 Å². The smallest absolute Gasteiger partial charge is 0.191 e. The van der Waals surface area contributed by atoms with Crippen LogP contribution in [0.1, 0.15) is 32.3 Å². The lowest BCUT2D eigenvalue weighted by molar-refractivity contribution is 0.520. The Morgan fingerprint density at radius 1 is 1.11 bits per heavy atom. The van der Waals surface area contributed by atoms with Gasteiger partial charge in [-0.15, -0.1) is 0 Å². The van der Waals surface area contributed by atoms with Gasteiger partial charge < -0.3 is 10.6 Å². The molecule has 3 nitrogen and oxygen atoms in total. The zero-order valence-electron chi connectivity index (χ0n) is 12.1. The van der Waals surface area contributed by atoms with Crippen LogP contribution >= 0.6 is 0 Å². The highest BCUT2D eigenvalue weighted by Gasteiger charge is 2.42. The second-order valence-corrected chi connectivity index (χ2v) is 5.39. The van der Waals surface area contributed by atoms with Crippen molar-refractivity contribution >= 4 is 5.96 Å². The maximum atomic E-state index is 4.73. The third-order valence-electron chi connectivity index (χ3n) is 3.64. The molecule has 0 saturated heterocycles. The Kier molecular flexibility index (Phi) is 4.83. The third-order valence-corrected chi connectivity index (χ3v) is 3.64. The highest BCUT2D eigenvalue weighted by atomic mass is 15.2. The van der Waals surface area contributed by atoms with Crippen LogP contribution in [0.25, 0.3) is 0 Å². The van der Waals surface area contributed by atoms with Crippen molar-refractivity contribution < 1.29 is 0 Å². The average molecular weight is 259 g/mol. The summed E-state index contributed by atoms with van der Waals surface area (Å²) < 4.78 is 0. The Morgan fingerprint density at radius 3 is 2.26 bits per heavy atom. The van der Waals surface area contributed by atoms with Gasteiger partial charge in [0.1, 0.15) is 0 Å². The molecule has 0 aliphatic heterocycles. The molecular weight excluding hydrogens is 234 g/mol. The first-order valence-corrected chi connectivity index (χ1v) is 7.34. The molecular formula is C16H25N3. The standard InChI is InChI=1S/C16H25N3/c1-3-17-15(18-4-2)19-13-16(10-11-16)12-14-8-6-5-7-9-14/h5-9H,3-4,10-13H2,1-2H3,(H2,17,18,19). The Bertz CT molecular complexity index is 399. The van der Waals surface area contributed by atoms with E-state index in [0.717, 1.165) is 32.0 Å². The van der Waals surface area contributed by atoms with Crippen molar-refractivity contribution in [1.29, 1.82) is 0 Å². The number of hydrogen-bond acceptors (Lipinski definition) is 1. The minimum absolute atomic E-state index is 0.414. The summed E-state index contributed by atoms with van der Waals surface area (Å²) in [6, 6.07) is 10.8. The first-order chi connectivity index (χ1) is 9.28. The summed E-state index contributed by atoms with van der Waals surface area (Å²) in [5.41, 5.74) is 1.85. The topological polar surface area (TPSA) is 36.4 Å². The number of nitrogens with zero attached hydrogens (tertiary/aromatic N) is 1. The lowest BCUT2D eigenvalue weighted by Gasteiger charge is -2.15. The zero-order chi connectivity index (χ0) is 13.6. The largest absolute Gasteiger partial charge is 0.357 e. The predicted octanol–water partition coefficient (Wildman–Crippen LogP) is 2.58. The fourth-order valence-corrected chi connectivity index (χ4v) is 2.35. The highest BCUT2D eigenvalue weighted by Crippen LogP contribution is 2.48. The molecule has 19 heavy (non-hydrogen) atoms. The van der Waals surface area contributed by atoms with Crippen LogP contribution in [0, 0.1) is 5.41 Å². The van der Waals surface area contributed by atoms with Gasteiger partial charge in [-0.3, -0.25) is 4.99 Å². The molecule has 0 aromatic heterocycles. The molecule has 1 saturated carbocycles. The molecule has 1 fully saturated rings. The molecule has 0 amide bonds. The Balaban J connectivity index is 1.92. The number of aliphatic imine (C=N–C) groups is 1. The van der Waals surface area contributed by atoms with Gasteiger partial charge >= 0.3 is 0 Å². The van der Waals surface area contributed by atoms with Crippen molar-refractivity contribution in [3.63, 3.8) is 0 Å². The molecule has 1 aromatic rings. The van der Waals surface area contributed by atoms with Crippen molar-refractivity contribution in [1.82, 2.24) is 10.6 Å². The molecule has 0 radical (unpaired) electrons. The van der Waals surface area contributed by atoms with Gasteiger partial charge in [0.25, 0.3) is 0 Å². The summed E-state index contributed by atoms with van der Waals surface area (Å²) in [6.07, 6.45) is 3.76. The molecule has 0 heterocycles. The van der Waals surface area contributed by atoms with Gasteiger partial charge in [0, 0.05) is 19.6 Å². The van der Waals surface area contributed by atoms with E-state index in [1.807, 2.05) is 0 Å². The van der Waals surface area contributed by atoms with Crippen molar-refractivity contribution in [2.75, 3.05) is 19.6 Å². The van der Waals surface area contributed by atoms with Crippen molar-refractivity contribution in [3.8, 4) is 0 Å². The number of guanidine groups is 1. The lowest BCUT2D eigenvalue weighted by atomic mass is 9.97. The lowest BCUT2D eigenvalue weighted by Crippen LogP contribution is -2.37. The average Bonchev–Trinajstić information content (AvgIpc) is 3.18. The molecule has 3 heteroatoms. The van der Waals surface area contributed by atoms with Crippen LogP contribution in [0.3, 0.4) is 0 Å². The van der Waals surface area contributed by atoms with Crippen LogP contribution in [0.4, 0.5) is 0 Å². The van der Waals surface area contributed by atoms with Gasteiger partial charge in [0.2, 0.25) is 0 Å². The van der Waals surface area contributed by atoms with Crippen molar-refractivity contribution in [3.05, 3.63) is 35.9 Å². The number of nitrogens with one attached hydrogen (secondary N) is 2. The molecule has 104 valence electrons. The molecule has 2 N–H and O–H groups in total. The van der Waals surface area contributed by atoms with Crippen LogP contribution in [0.15, 0.2) is 35.3 Å². The van der Waals surface area contributed by atoms with E-state index >= 15 is 0 Å². The normalized spacial score (nSPS) is 15.7. The maximum absolute atomic E-state index is 4.73. The number of hydrogen-bond donors (Lipinski definition) is 2. The molecule has 0 bridgehead atoms. The van der Waals surface area contributed by atoms with Gasteiger partial charge in [-0.25, -0.2) is 0 Å². The summed E-state index contributed by atoms with van der Waals surface area (Å²) in [7, 11) is 0. The second kappa shape index (κ2) is 6.60. The SMILES string of the molecule is CCNC(=NCC1(Cc2ccccc2)CC1)NCC. The summed E-state index contributed by atoms with van der Waals surface area (Å²) in [4.78, 5) is 4.73. The molecule has 0 spiro atoms. The highest BCUT2D eigenvalue weighted by molar-refractivity contribution is 5.79. The summed E-state index contributed by atoms with van der Waals surface area (Å²) >= 11 is 0. The third kappa shape index (κ3) is 4.27. The summed E-state index contributed by atoms with van der Waals surface area (Å²) in [5, 5.41) is 6.57. The van der Waals surface area contributed by atoms with Gasteiger partial charge in [-0.05, 0) is 44.1 Å². The van der Waals surface area contributed by atoms with Crippen molar-refractivity contribution in [2.45, 2.75) is 33.1 Å². The minimum atomic E-state index is 0.414. The number of rotatable bonds is 6. The van der Waals surface area contributed by atoms with Gasteiger partial charge in [0.05, 0.1) is 0 Å². The summed E-state index contributed by atoms with van der Waals surface area (Å²) in [6.45, 7) is 6.96. The molecule has 2 rings (SSSR count). The first kappa shape index (κ1) is 13.9. The van der Waals surface area contributed by atoms with Crippen LogP contribution in [-0.2, 0) is 6.42 Å². The van der Waals surface area contributed by atoms with E-state index in [9.17, 15) is 0 Å². The fourth-order valence-electron chi connectivity index (χ4n) is 2.35. The molecule has 1 aromatic carbocycles. The summed E-state index contributed by atoms with van der Waals surface area (Å²) in [5.74, 6) is 0.948. The van der Waals surface area contributed by atoms with Gasteiger partial charge in [-0.1, -0.05) is 30.3 Å².